The van der Waals surface area contributed by atoms with E-state index in [0.717, 1.165) is 0 Å². The lowest BCUT2D eigenvalue weighted by Crippen LogP contribution is -2.24. The molecule has 0 spiro atoms. The van der Waals surface area contributed by atoms with E-state index in [4.69, 9.17) is 16.3 Å². The summed E-state index contributed by atoms with van der Waals surface area (Å²) in [5, 5.41) is 16.4. The molecule has 1 aromatic carbocycles. The van der Waals surface area contributed by atoms with Crippen molar-refractivity contribution < 1.29 is 23.1 Å². The van der Waals surface area contributed by atoms with E-state index < -0.39 is 21.7 Å². The normalized spacial score (nSPS) is 18.3. The number of nitrogens with zero attached hydrogens (tertiary/aromatic N) is 1. The largest absolute Gasteiger partial charge is 0.493 e. The Morgan fingerprint density at radius 3 is 2.85 bits per heavy atom. The minimum atomic E-state index is -3.43. The lowest BCUT2D eigenvalue weighted by atomic mass is 9.92. The molecule has 7 nitrogen and oxygen atoms in total. The molecule has 2 N–H and O–H groups in total. The van der Waals surface area contributed by atoms with Crippen molar-refractivity contribution in [2.24, 2.45) is 0 Å². The van der Waals surface area contributed by atoms with E-state index in [-0.39, 0.29) is 28.7 Å². The van der Waals surface area contributed by atoms with Crippen LogP contribution in [0.4, 0.5) is 0 Å². The highest BCUT2D eigenvalue weighted by Crippen LogP contribution is 2.39. The molecule has 1 unspecified atom stereocenters. The first kappa shape index (κ1) is 19.9. The van der Waals surface area contributed by atoms with Gasteiger partial charge in [-0.1, -0.05) is 6.92 Å². The van der Waals surface area contributed by atoms with Gasteiger partial charge in [-0.3, -0.25) is 4.79 Å². The van der Waals surface area contributed by atoms with Gasteiger partial charge in [-0.05, 0) is 37.5 Å². The molecule has 0 amide bonds. The van der Waals surface area contributed by atoms with Crippen molar-refractivity contribution in [1.82, 2.24) is 10.2 Å². The maximum absolute atomic E-state index is 13.1. The maximum Gasteiger partial charge on any atom is 0.218 e. The zero-order chi connectivity index (χ0) is 19.8. The molecule has 0 radical (unpaired) electrons. The average Bonchev–Trinajstić information content (AvgIpc) is 3.01. The summed E-state index contributed by atoms with van der Waals surface area (Å²) in [5.74, 6) is -0.421. The summed E-state index contributed by atoms with van der Waals surface area (Å²) in [4.78, 5) is 13.3. The molecule has 2 heterocycles. The van der Waals surface area contributed by atoms with Crippen molar-refractivity contribution in [1.29, 1.82) is 0 Å². The molecular weight excluding hydrogens is 392 g/mol. The van der Waals surface area contributed by atoms with Crippen LogP contribution in [0.1, 0.15) is 52.2 Å². The summed E-state index contributed by atoms with van der Waals surface area (Å²) < 4.78 is 30.7. The fourth-order valence-corrected chi connectivity index (χ4v) is 5.22. The molecule has 1 atom stereocenters. The number of halogens is 1. The predicted molar refractivity (Wildman–Crippen MR) is 100 cm³/mol. The van der Waals surface area contributed by atoms with Crippen LogP contribution in [-0.2, 0) is 21.0 Å². The monoisotopic (exact) mass is 412 g/mol. The van der Waals surface area contributed by atoms with Crippen LogP contribution in [0.5, 0.6) is 5.88 Å². The van der Waals surface area contributed by atoms with E-state index >= 15 is 0 Å². The summed E-state index contributed by atoms with van der Waals surface area (Å²) >= 11 is 5.71. The van der Waals surface area contributed by atoms with Crippen LogP contribution in [0.25, 0.3) is 0 Å². The van der Waals surface area contributed by atoms with E-state index in [2.05, 4.69) is 10.2 Å². The molecule has 0 aliphatic carbocycles. The number of sulfone groups is 1. The number of aromatic nitrogens is 2. The summed E-state index contributed by atoms with van der Waals surface area (Å²) in [6.07, 6.45) is 0.332. The van der Waals surface area contributed by atoms with Gasteiger partial charge in [0.05, 0.1) is 29.1 Å². The SMILES string of the molecule is CCc1n[nH]c(O)c1C(=O)c1ccc2c(c1C)C(OCCCl)CCS2(=O)=O. The van der Waals surface area contributed by atoms with Crippen molar-refractivity contribution in [3.05, 3.63) is 40.1 Å². The van der Waals surface area contributed by atoms with Crippen LogP contribution in [0.2, 0.25) is 0 Å². The number of H-pyrrole nitrogens is 1. The van der Waals surface area contributed by atoms with Gasteiger partial charge in [0.25, 0.3) is 0 Å². The van der Waals surface area contributed by atoms with Crippen molar-refractivity contribution in [3.8, 4) is 5.88 Å². The Balaban J connectivity index is 2.14. The standard InChI is InChI=1S/C18H21ClN2O5S/c1-3-12-16(18(23)21-20-12)17(22)11-4-5-14-15(10(11)2)13(26-8-7-19)6-9-27(14,24)25/h4-5,13H,3,6-9H2,1-2H3,(H2,20,21,23). The zero-order valence-corrected chi connectivity index (χ0v) is 16.7. The Labute approximate surface area is 162 Å². The number of fused-ring (bicyclic) bond motifs is 1. The first-order valence-electron chi connectivity index (χ1n) is 8.66. The van der Waals surface area contributed by atoms with Gasteiger partial charge in [0.1, 0.15) is 5.56 Å². The first-order chi connectivity index (χ1) is 12.8. The summed E-state index contributed by atoms with van der Waals surface area (Å²) in [7, 11) is -3.43. The number of ether oxygens (including phenoxy) is 1. The molecule has 1 aliphatic heterocycles. The van der Waals surface area contributed by atoms with Crippen LogP contribution in [-0.4, -0.2) is 47.7 Å². The second-order valence-electron chi connectivity index (χ2n) is 6.38. The van der Waals surface area contributed by atoms with Crippen LogP contribution in [0, 0.1) is 6.92 Å². The van der Waals surface area contributed by atoms with Gasteiger partial charge in [-0.15, -0.1) is 11.6 Å². The fourth-order valence-electron chi connectivity index (χ4n) is 3.49. The molecule has 146 valence electrons. The van der Waals surface area contributed by atoms with E-state index in [9.17, 15) is 18.3 Å². The first-order valence-corrected chi connectivity index (χ1v) is 10.8. The molecule has 27 heavy (non-hydrogen) atoms. The number of alkyl halides is 1. The summed E-state index contributed by atoms with van der Waals surface area (Å²) in [6.45, 7) is 3.81. The number of aryl methyl sites for hydroxylation is 1. The lowest BCUT2D eigenvalue weighted by Gasteiger charge is -2.28. The van der Waals surface area contributed by atoms with Gasteiger partial charge in [0.2, 0.25) is 11.7 Å². The van der Waals surface area contributed by atoms with Crippen molar-refractivity contribution in [2.75, 3.05) is 18.2 Å². The van der Waals surface area contributed by atoms with Crippen LogP contribution >= 0.6 is 11.6 Å². The Bertz CT molecular complexity index is 984. The second-order valence-corrected chi connectivity index (χ2v) is 8.84. The Morgan fingerprint density at radius 1 is 1.44 bits per heavy atom. The molecule has 0 saturated heterocycles. The number of carbonyl (C=O) groups excluding carboxylic acids is 1. The van der Waals surface area contributed by atoms with Crippen molar-refractivity contribution in [2.45, 2.75) is 37.7 Å². The van der Waals surface area contributed by atoms with Gasteiger partial charge in [0, 0.05) is 17.0 Å². The lowest BCUT2D eigenvalue weighted by molar-refractivity contribution is 0.0575. The Hall–Kier alpha value is -1.90. The molecule has 2 aromatic rings. The van der Waals surface area contributed by atoms with Gasteiger partial charge in [0.15, 0.2) is 9.84 Å². The molecule has 1 aliphatic rings. The van der Waals surface area contributed by atoms with Gasteiger partial charge < -0.3 is 9.84 Å². The third-order valence-corrected chi connectivity index (χ3v) is 6.76. The quantitative estimate of drug-likeness (QED) is 0.557. The number of aromatic hydroxyl groups is 1. The van der Waals surface area contributed by atoms with Gasteiger partial charge in [-0.2, -0.15) is 5.10 Å². The van der Waals surface area contributed by atoms with E-state index in [0.29, 0.717) is 41.1 Å². The van der Waals surface area contributed by atoms with Crippen LogP contribution < -0.4 is 0 Å². The molecule has 3 rings (SSSR count). The highest BCUT2D eigenvalue weighted by molar-refractivity contribution is 7.91. The second kappa shape index (κ2) is 7.61. The van der Waals surface area contributed by atoms with Gasteiger partial charge >= 0.3 is 0 Å². The Morgan fingerprint density at radius 2 is 2.19 bits per heavy atom. The number of rotatable bonds is 6. The van der Waals surface area contributed by atoms with Crippen molar-refractivity contribution in [3.63, 3.8) is 0 Å². The average molecular weight is 413 g/mol. The Kier molecular flexibility index (Phi) is 5.60. The minimum absolute atomic E-state index is 0.0117. The number of hydrogen-bond donors (Lipinski definition) is 2. The summed E-state index contributed by atoms with van der Waals surface area (Å²) in [5.41, 5.74) is 1.91. The highest BCUT2D eigenvalue weighted by atomic mass is 35.5. The molecule has 9 heteroatoms. The number of carbonyl (C=O) groups is 1. The predicted octanol–water partition coefficient (Wildman–Crippen LogP) is 2.69. The molecule has 0 bridgehead atoms. The molecule has 0 saturated carbocycles. The number of ketones is 1. The molecular formula is C18H21ClN2O5S. The van der Waals surface area contributed by atoms with E-state index in [1.807, 2.05) is 6.92 Å². The number of aromatic amines is 1. The third kappa shape index (κ3) is 3.49. The topological polar surface area (TPSA) is 109 Å². The number of benzene rings is 1. The number of hydrogen-bond acceptors (Lipinski definition) is 6. The van der Waals surface area contributed by atoms with E-state index in [1.165, 1.54) is 12.1 Å². The smallest absolute Gasteiger partial charge is 0.218 e. The molecule has 0 fully saturated rings. The fraction of sp³-hybridized carbons (Fsp3) is 0.444. The summed E-state index contributed by atoms with van der Waals surface area (Å²) in [6, 6.07) is 2.94. The van der Waals surface area contributed by atoms with Crippen molar-refractivity contribution >= 4 is 27.2 Å². The molecule has 1 aromatic heterocycles. The van der Waals surface area contributed by atoms with E-state index in [1.54, 1.807) is 6.92 Å². The van der Waals surface area contributed by atoms with Gasteiger partial charge in [-0.25, -0.2) is 13.5 Å². The van der Waals surface area contributed by atoms with Crippen LogP contribution in [0.3, 0.4) is 0 Å². The maximum atomic E-state index is 13.1. The van der Waals surface area contributed by atoms with Crippen LogP contribution in [0.15, 0.2) is 17.0 Å². The highest BCUT2D eigenvalue weighted by Gasteiger charge is 2.34. The minimum Gasteiger partial charge on any atom is -0.493 e. The number of nitrogens with one attached hydrogen (secondary N) is 1. The third-order valence-electron chi connectivity index (χ3n) is 4.81. The zero-order valence-electron chi connectivity index (χ0n) is 15.1.